The first-order chi connectivity index (χ1) is 9.13. The molecule has 108 valence electrons. The van der Waals surface area contributed by atoms with Crippen LogP contribution in [0, 0.1) is 5.92 Å². The van der Waals surface area contributed by atoms with Crippen LogP contribution in [0.1, 0.15) is 19.3 Å². The van der Waals surface area contributed by atoms with Crippen molar-refractivity contribution in [3.63, 3.8) is 0 Å². The van der Waals surface area contributed by atoms with Crippen LogP contribution in [0.4, 0.5) is 0 Å². The molecule has 2 rings (SSSR count). The molecule has 2 saturated heterocycles. The molecule has 2 unspecified atom stereocenters. The number of carbonyl (C=O) groups excluding carboxylic acids is 2. The molecule has 19 heavy (non-hydrogen) atoms. The van der Waals surface area contributed by atoms with Crippen LogP contribution in [0.3, 0.4) is 0 Å². The maximum atomic E-state index is 12.0. The zero-order valence-electron chi connectivity index (χ0n) is 11.6. The van der Waals surface area contributed by atoms with Gasteiger partial charge in [0.2, 0.25) is 0 Å². The molecule has 6 heteroatoms. The van der Waals surface area contributed by atoms with Crippen molar-refractivity contribution in [2.75, 3.05) is 39.8 Å². The number of piperidine rings is 2. The number of nitrogens with zero attached hydrogens (tertiary/aromatic N) is 2. The smallest absolute Gasteiger partial charge is 0.311 e. The fourth-order valence-electron chi connectivity index (χ4n) is 3.24. The van der Waals surface area contributed by atoms with Gasteiger partial charge in [0.25, 0.3) is 0 Å². The van der Waals surface area contributed by atoms with E-state index in [1.165, 1.54) is 6.42 Å². The molecule has 2 fully saturated rings. The highest BCUT2D eigenvalue weighted by atomic mass is 16.2. The molecule has 0 saturated carbocycles. The lowest BCUT2D eigenvalue weighted by molar-refractivity contribution is -0.148. The molecule has 2 atom stereocenters. The third-order valence-corrected chi connectivity index (χ3v) is 4.26. The summed E-state index contributed by atoms with van der Waals surface area (Å²) in [5.74, 6) is -0.410. The van der Waals surface area contributed by atoms with Crippen LogP contribution in [0.2, 0.25) is 0 Å². The van der Waals surface area contributed by atoms with Crippen molar-refractivity contribution in [1.82, 2.24) is 15.1 Å². The van der Waals surface area contributed by atoms with E-state index in [1.54, 1.807) is 4.90 Å². The maximum absolute atomic E-state index is 12.0. The Hall–Kier alpha value is -1.14. The fraction of sp³-hybridized carbons (Fsp3) is 0.846. The summed E-state index contributed by atoms with van der Waals surface area (Å²) in [7, 11) is 2.16. The second kappa shape index (κ2) is 6.34. The number of hydrogen-bond donors (Lipinski definition) is 2. The quantitative estimate of drug-likeness (QED) is 0.630. The summed E-state index contributed by atoms with van der Waals surface area (Å²) in [6.45, 7) is 3.25. The molecule has 6 nitrogen and oxygen atoms in total. The fourth-order valence-corrected chi connectivity index (χ4v) is 3.24. The zero-order chi connectivity index (χ0) is 13.8. The minimum absolute atomic E-state index is 0.354. The van der Waals surface area contributed by atoms with Crippen molar-refractivity contribution < 1.29 is 9.59 Å². The highest BCUT2D eigenvalue weighted by Gasteiger charge is 2.36. The molecule has 0 aromatic rings. The summed E-state index contributed by atoms with van der Waals surface area (Å²) < 4.78 is 0. The third kappa shape index (κ3) is 3.25. The molecule has 0 spiro atoms. The van der Waals surface area contributed by atoms with Crippen molar-refractivity contribution in [2.24, 2.45) is 11.7 Å². The second-order valence-corrected chi connectivity index (χ2v) is 5.53. The largest absolute Gasteiger partial charge is 0.347 e. The summed E-state index contributed by atoms with van der Waals surface area (Å²) >= 11 is 0. The predicted octanol–water partition coefficient (Wildman–Crippen LogP) is -0.996. The van der Waals surface area contributed by atoms with Crippen LogP contribution in [-0.2, 0) is 9.59 Å². The van der Waals surface area contributed by atoms with Crippen LogP contribution in [0.25, 0.3) is 0 Å². The lowest BCUT2D eigenvalue weighted by Gasteiger charge is -2.45. The van der Waals surface area contributed by atoms with E-state index in [0.29, 0.717) is 38.1 Å². The lowest BCUT2D eigenvalue weighted by atomic mass is 9.84. The van der Waals surface area contributed by atoms with E-state index in [-0.39, 0.29) is 0 Å². The standard InChI is InChI=1S/C13H24N4O2/c1-16-7-2-3-10-9-17(8-4-11(10)16)13(19)12(18)15-6-5-14/h10-11H,2-9,14H2,1H3,(H,15,18). The monoisotopic (exact) mass is 268 g/mol. The van der Waals surface area contributed by atoms with Crippen LogP contribution in [0.5, 0.6) is 0 Å². The SMILES string of the molecule is CN1CCCC2CN(C(=O)C(=O)NCCN)CCC21. The molecule has 3 N–H and O–H groups in total. The van der Waals surface area contributed by atoms with E-state index in [2.05, 4.69) is 17.3 Å². The van der Waals surface area contributed by atoms with E-state index < -0.39 is 11.8 Å². The maximum Gasteiger partial charge on any atom is 0.311 e. The van der Waals surface area contributed by atoms with Gasteiger partial charge in [-0.05, 0) is 38.8 Å². The molecule has 2 amide bonds. The summed E-state index contributed by atoms with van der Waals surface area (Å²) in [6, 6.07) is 0.574. The van der Waals surface area contributed by atoms with Gasteiger partial charge in [0.15, 0.2) is 0 Å². The number of amides is 2. The van der Waals surface area contributed by atoms with Gasteiger partial charge in [-0.25, -0.2) is 0 Å². The van der Waals surface area contributed by atoms with Gasteiger partial charge < -0.3 is 20.9 Å². The molecular weight excluding hydrogens is 244 g/mol. The molecule has 0 aromatic carbocycles. The van der Waals surface area contributed by atoms with E-state index in [4.69, 9.17) is 5.73 Å². The summed E-state index contributed by atoms with van der Waals surface area (Å²) in [4.78, 5) is 27.8. The third-order valence-electron chi connectivity index (χ3n) is 4.26. The molecule has 0 radical (unpaired) electrons. The molecule has 0 bridgehead atoms. The van der Waals surface area contributed by atoms with E-state index >= 15 is 0 Å². The van der Waals surface area contributed by atoms with Crippen molar-refractivity contribution in [3.8, 4) is 0 Å². The van der Waals surface area contributed by atoms with Gasteiger partial charge in [-0.1, -0.05) is 0 Å². The Morgan fingerprint density at radius 2 is 2.11 bits per heavy atom. The number of fused-ring (bicyclic) bond motifs is 1. The average molecular weight is 268 g/mol. The molecular formula is C13H24N4O2. The Labute approximate surface area is 114 Å². The van der Waals surface area contributed by atoms with Gasteiger partial charge >= 0.3 is 11.8 Å². The minimum atomic E-state index is -0.520. The van der Waals surface area contributed by atoms with Crippen LogP contribution in [-0.4, -0.2) is 67.4 Å². The normalized spacial score (nSPS) is 27.8. The topological polar surface area (TPSA) is 78.7 Å². The van der Waals surface area contributed by atoms with Gasteiger partial charge in [0.1, 0.15) is 0 Å². The molecule has 0 aromatic heterocycles. The zero-order valence-corrected chi connectivity index (χ0v) is 11.6. The molecule has 2 aliphatic heterocycles. The van der Waals surface area contributed by atoms with Crippen LogP contribution < -0.4 is 11.1 Å². The lowest BCUT2D eigenvalue weighted by Crippen LogP contribution is -2.56. The van der Waals surface area contributed by atoms with Gasteiger partial charge in [0.05, 0.1) is 0 Å². The van der Waals surface area contributed by atoms with E-state index in [0.717, 1.165) is 19.4 Å². The number of nitrogens with two attached hydrogens (primary N) is 1. The summed E-state index contributed by atoms with van der Waals surface area (Å²) in [6.07, 6.45) is 3.30. The predicted molar refractivity (Wildman–Crippen MR) is 72.4 cm³/mol. The van der Waals surface area contributed by atoms with Gasteiger partial charge in [-0.2, -0.15) is 0 Å². The van der Waals surface area contributed by atoms with Crippen molar-refractivity contribution in [3.05, 3.63) is 0 Å². The Kier molecular flexibility index (Phi) is 4.76. The summed E-state index contributed by atoms with van der Waals surface area (Å²) in [5.41, 5.74) is 5.31. The van der Waals surface area contributed by atoms with Crippen molar-refractivity contribution in [2.45, 2.75) is 25.3 Å². The number of nitrogens with one attached hydrogen (secondary N) is 1. The highest BCUT2D eigenvalue weighted by molar-refractivity contribution is 6.35. The summed E-state index contributed by atoms with van der Waals surface area (Å²) in [5, 5.41) is 2.54. The van der Waals surface area contributed by atoms with Gasteiger partial charge in [-0.3, -0.25) is 9.59 Å². The van der Waals surface area contributed by atoms with Crippen LogP contribution in [0.15, 0.2) is 0 Å². The Balaban J connectivity index is 1.89. The van der Waals surface area contributed by atoms with Crippen molar-refractivity contribution >= 4 is 11.8 Å². The first-order valence-electron chi connectivity index (χ1n) is 7.11. The average Bonchev–Trinajstić information content (AvgIpc) is 2.43. The Bertz CT molecular complexity index is 348. The van der Waals surface area contributed by atoms with Gasteiger partial charge in [0, 0.05) is 32.2 Å². The number of rotatable bonds is 2. The first kappa shape index (κ1) is 14.3. The molecule has 0 aliphatic carbocycles. The Morgan fingerprint density at radius 3 is 2.84 bits per heavy atom. The van der Waals surface area contributed by atoms with E-state index in [9.17, 15) is 9.59 Å². The Morgan fingerprint density at radius 1 is 1.32 bits per heavy atom. The van der Waals surface area contributed by atoms with Crippen LogP contribution >= 0.6 is 0 Å². The van der Waals surface area contributed by atoms with Crippen molar-refractivity contribution in [1.29, 1.82) is 0 Å². The number of hydrogen-bond acceptors (Lipinski definition) is 4. The first-order valence-corrected chi connectivity index (χ1v) is 7.11. The van der Waals surface area contributed by atoms with Gasteiger partial charge in [-0.15, -0.1) is 0 Å². The van der Waals surface area contributed by atoms with E-state index in [1.807, 2.05) is 0 Å². The minimum Gasteiger partial charge on any atom is -0.347 e. The second-order valence-electron chi connectivity index (χ2n) is 5.53. The molecule has 2 heterocycles. The molecule has 2 aliphatic rings. The highest BCUT2D eigenvalue weighted by Crippen LogP contribution is 2.29. The number of carbonyl (C=O) groups is 2. The number of likely N-dealkylation sites (tertiary alicyclic amines) is 2.